The highest BCUT2D eigenvalue weighted by Crippen LogP contribution is 2.44. The van der Waals surface area contributed by atoms with Crippen LogP contribution in [0.25, 0.3) is 75.8 Å². The van der Waals surface area contributed by atoms with E-state index >= 15 is 0 Å². The zero-order chi connectivity index (χ0) is 42.4. The van der Waals surface area contributed by atoms with Crippen molar-refractivity contribution in [2.45, 2.75) is 26.6 Å². The van der Waals surface area contributed by atoms with Crippen molar-refractivity contribution in [1.29, 1.82) is 0 Å². The largest absolute Gasteiger partial charge is 0.310 e. The molecule has 0 fully saturated rings. The molecule has 0 saturated carbocycles. The molecule has 0 bridgehead atoms. The van der Waals surface area contributed by atoms with Crippen LogP contribution in [0, 0.1) is 6.92 Å². The lowest BCUT2D eigenvalue weighted by atomic mass is 9.93. The van der Waals surface area contributed by atoms with E-state index in [1.807, 2.05) is 0 Å². The minimum absolute atomic E-state index is 1.12. The topological polar surface area (TPSA) is 6.48 Å². The Morgan fingerprint density at radius 3 is 0.905 bits per heavy atom. The van der Waals surface area contributed by atoms with E-state index in [0.717, 1.165) is 34.1 Å². The Morgan fingerprint density at radius 2 is 0.571 bits per heavy atom. The summed E-state index contributed by atoms with van der Waals surface area (Å²) in [5.41, 5.74) is 10.4. The maximum Gasteiger partial charge on any atom is 0.0775 e. The van der Waals surface area contributed by atoms with E-state index < -0.39 is 8.07 Å². The fourth-order valence-corrected chi connectivity index (χ4v) is 11.2. The van der Waals surface area contributed by atoms with Crippen LogP contribution in [-0.4, -0.2) is 8.07 Å². The molecular weight excluding hydrogens is 777 g/mol. The molecule has 12 rings (SSSR count). The normalized spacial score (nSPS) is 12.1. The standard InChI is InChI=1S/C60H46N2Si/c1-39-11-25-50(26-12-39)61(54-35-46-17-13-42-7-5-8-43-14-18-47(36-54)59(46)57(42)43)51-27-21-40(22-28-51)41-23-29-52(30-24-41)62(53-31-33-56(34-32-53)63(2,3)4)55-37-48-19-15-44-9-6-10-45-16-20-49(38-55)60(48)58(44)45/h5-38H,1-4H3. The molecule has 63 heavy (non-hydrogen) atoms. The monoisotopic (exact) mass is 822 g/mol. The fourth-order valence-electron chi connectivity index (χ4n) is 10.0. The van der Waals surface area contributed by atoms with E-state index in [1.54, 1.807) is 0 Å². The smallest absolute Gasteiger partial charge is 0.0775 e. The average molecular weight is 823 g/mol. The second kappa shape index (κ2) is 14.3. The molecule has 3 heteroatoms. The van der Waals surface area contributed by atoms with Gasteiger partial charge in [-0.25, -0.2) is 0 Å². The summed E-state index contributed by atoms with van der Waals surface area (Å²) in [4.78, 5) is 4.81. The summed E-state index contributed by atoms with van der Waals surface area (Å²) in [6.07, 6.45) is 0. The molecule has 12 aromatic rings. The van der Waals surface area contributed by atoms with Crippen LogP contribution >= 0.6 is 0 Å². The van der Waals surface area contributed by atoms with E-state index in [0.29, 0.717) is 0 Å². The molecule has 0 saturated heterocycles. The van der Waals surface area contributed by atoms with Gasteiger partial charge in [-0.2, -0.15) is 0 Å². The molecule has 0 spiro atoms. The average Bonchev–Trinajstić information content (AvgIpc) is 3.31. The summed E-state index contributed by atoms with van der Waals surface area (Å²) in [6, 6.07) is 77.2. The summed E-state index contributed by atoms with van der Waals surface area (Å²) in [5, 5.41) is 17.0. The van der Waals surface area contributed by atoms with Crippen molar-refractivity contribution in [2.24, 2.45) is 0 Å². The van der Waals surface area contributed by atoms with Crippen LogP contribution < -0.4 is 15.0 Å². The molecule has 0 aromatic heterocycles. The minimum Gasteiger partial charge on any atom is -0.310 e. The Balaban J connectivity index is 0.924. The first-order chi connectivity index (χ1) is 30.7. The summed E-state index contributed by atoms with van der Waals surface area (Å²) >= 11 is 0. The molecule has 0 heterocycles. The lowest BCUT2D eigenvalue weighted by Crippen LogP contribution is -2.37. The Bertz CT molecular complexity index is 3510. The highest BCUT2D eigenvalue weighted by atomic mass is 28.3. The maximum absolute atomic E-state index is 2.42. The zero-order valence-corrected chi connectivity index (χ0v) is 37.0. The molecule has 0 aliphatic carbocycles. The van der Waals surface area contributed by atoms with Crippen LogP contribution in [0.15, 0.2) is 206 Å². The van der Waals surface area contributed by atoms with Gasteiger partial charge in [-0.3, -0.25) is 0 Å². The first kappa shape index (κ1) is 37.3. The number of rotatable bonds is 8. The first-order valence-corrected chi connectivity index (χ1v) is 25.6. The second-order valence-corrected chi connectivity index (χ2v) is 23.4. The van der Waals surface area contributed by atoms with Crippen molar-refractivity contribution in [3.05, 3.63) is 212 Å². The van der Waals surface area contributed by atoms with Gasteiger partial charge < -0.3 is 9.80 Å². The Kier molecular flexibility index (Phi) is 8.47. The number of hydrogen-bond acceptors (Lipinski definition) is 2. The predicted molar refractivity (Wildman–Crippen MR) is 276 cm³/mol. The lowest BCUT2D eigenvalue weighted by Gasteiger charge is -2.28. The van der Waals surface area contributed by atoms with Crippen LogP contribution in [0.1, 0.15) is 5.56 Å². The number of hydrogen-bond donors (Lipinski definition) is 0. The highest BCUT2D eigenvalue weighted by Gasteiger charge is 2.21. The zero-order valence-electron chi connectivity index (χ0n) is 36.0. The number of benzene rings is 12. The molecule has 0 atom stereocenters. The molecule has 300 valence electrons. The van der Waals surface area contributed by atoms with Crippen molar-refractivity contribution < 1.29 is 0 Å². The van der Waals surface area contributed by atoms with Crippen molar-refractivity contribution in [1.82, 2.24) is 0 Å². The van der Waals surface area contributed by atoms with Gasteiger partial charge in [0.05, 0.1) is 8.07 Å². The Morgan fingerprint density at radius 1 is 0.286 bits per heavy atom. The third-order valence-electron chi connectivity index (χ3n) is 13.3. The molecule has 0 unspecified atom stereocenters. The van der Waals surface area contributed by atoms with Gasteiger partial charge in [0.2, 0.25) is 0 Å². The summed E-state index contributed by atoms with van der Waals surface area (Å²) in [7, 11) is -1.47. The Hall–Kier alpha value is -7.46. The van der Waals surface area contributed by atoms with E-state index in [9.17, 15) is 0 Å². The molecule has 0 aliphatic rings. The Labute approximate surface area is 369 Å². The molecule has 0 amide bonds. The van der Waals surface area contributed by atoms with E-state index in [2.05, 4.69) is 243 Å². The van der Waals surface area contributed by atoms with Gasteiger partial charge in [0.15, 0.2) is 0 Å². The van der Waals surface area contributed by atoms with Crippen LogP contribution in [0.2, 0.25) is 19.6 Å². The highest BCUT2D eigenvalue weighted by molar-refractivity contribution is 6.88. The van der Waals surface area contributed by atoms with Gasteiger partial charge in [0, 0.05) is 34.1 Å². The molecule has 2 nitrogen and oxygen atoms in total. The van der Waals surface area contributed by atoms with E-state index in [-0.39, 0.29) is 0 Å². The summed E-state index contributed by atoms with van der Waals surface area (Å²) < 4.78 is 0. The van der Waals surface area contributed by atoms with E-state index in [4.69, 9.17) is 0 Å². The van der Waals surface area contributed by atoms with E-state index in [1.165, 1.54) is 86.5 Å². The molecule has 0 radical (unpaired) electrons. The minimum atomic E-state index is -1.47. The van der Waals surface area contributed by atoms with Crippen LogP contribution in [0.5, 0.6) is 0 Å². The number of anilines is 6. The van der Waals surface area contributed by atoms with Crippen LogP contribution in [-0.2, 0) is 0 Å². The van der Waals surface area contributed by atoms with Gasteiger partial charge in [0.25, 0.3) is 0 Å². The molecule has 12 aromatic carbocycles. The molecule has 0 aliphatic heterocycles. The number of aryl methyl sites for hydroxylation is 1. The summed E-state index contributed by atoms with van der Waals surface area (Å²) in [6.45, 7) is 9.39. The fraction of sp³-hybridized carbons (Fsp3) is 0.0667. The molecular formula is C60H46N2Si. The SMILES string of the molecule is Cc1ccc(N(c2ccc(-c3ccc(N(c4ccc([Si](C)(C)C)cc4)c4cc5ccc6cccc7ccc(c4)c5c67)cc3)cc2)c2cc3ccc4cccc5ccc(c2)c3c45)cc1. The number of nitrogens with zero attached hydrogens (tertiary/aromatic N) is 2. The van der Waals surface area contributed by atoms with Crippen LogP contribution in [0.3, 0.4) is 0 Å². The first-order valence-electron chi connectivity index (χ1n) is 22.1. The van der Waals surface area contributed by atoms with Gasteiger partial charge in [0.1, 0.15) is 0 Å². The third-order valence-corrected chi connectivity index (χ3v) is 15.3. The third kappa shape index (κ3) is 6.30. The van der Waals surface area contributed by atoms with Crippen LogP contribution in [0.4, 0.5) is 34.1 Å². The lowest BCUT2D eigenvalue weighted by molar-refractivity contribution is 1.28. The van der Waals surface area contributed by atoms with Gasteiger partial charge in [-0.15, -0.1) is 0 Å². The predicted octanol–water partition coefficient (Wildman–Crippen LogP) is 16.9. The van der Waals surface area contributed by atoms with Gasteiger partial charge in [-0.1, -0.05) is 164 Å². The molecule has 0 N–H and O–H groups in total. The van der Waals surface area contributed by atoms with Crippen molar-refractivity contribution >= 4 is 112 Å². The van der Waals surface area contributed by atoms with Crippen molar-refractivity contribution in [3.8, 4) is 11.1 Å². The van der Waals surface area contributed by atoms with Gasteiger partial charge in [-0.05, 0) is 155 Å². The maximum atomic E-state index is 2.42. The van der Waals surface area contributed by atoms with Crippen molar-refractivity contribution in [2.75, 3.05) is 9.80 Å². The second-order valence-electron chi connectivity index (χ2n) is 18.4. The summed E-state index contributed by atoms with van der Waals surface area (Å²) in [5.74, 6) is 0. The van der Waals surface area contributed by atoms with Crippen molar-refractivity contribution in [3.63, 3.8) is 0 Å². The quantitative estimate of drug-likeness (QED) is 0.111. The van der Waals surface area contributed by atoms with Gasteiger partial charge >= 0.3 is 0 Å².